The van der Waals surface area contributed by atoms with Crippen molar-refractivity contribution in [2.75, 3.05) is 31.1 Å². The highest BCUT2D eigenvalue weighted by Crippen LogP contribution is 2.29. The zero-order valence-corrected chi connectivity index (χ0v) is 11.4. The Hall–Kier alpha value is -0.800. The van der Waals surface area contributed by atoms with Crippen LogP contribution in [-0.4, -0.2) is 42.1 Å². The summed E-state index contributed by atoms with van der Waals surface area (Å²) < 4.78 is 0. The number of hydrogen-bond donors (Lipinski definition) is 0. The van der Waals surface area contributed by atoms with Crippen molar-refractivity contribution in [3.63, 3.8) is 0 Å². The molecule has 0 spiro atoms. The van der Waals surface area contributed by atoms with Crippen LogP contribution in [0.5, 0.6) is 0 Å². The number of rotatable bonds is 2. The third-order valence-corrected chi connectivity index (χ3v) is 4.50. The van der Waals surface area contributed by atoms with Crippen molar-refractivity contribution in [3.8, 4) is 0 Å². The van der Waals surface area contributed by atoms with Gasteiger partial charge in [0.05, 0.1) is 10.7 Å². The fourth-order valence-electron chi connectivity index (χ4n) is 3.20. The van der Waals surface area contributed by atoms with Gasteiger partial charge in [0.15, 0.2) is 0 Å². The molecule has 3 rings (SSSR count). The maximum absolute atomic E-state index is 6.21. The molecule has 3 nitrogen and oxygen atoms in total. The van der Waals surface area contributed by atoms with Crippen LogP contribution in [0.15, 0.2) is 18.5 Å². The van der Waals surface area contributed by atoms with E-state index in [2.05, 4.69) is 14.8 Å². The summed E-state index contributed by atoms with van der Waals surface area (Å²) in [5.41, 5.74) is 1.14. The van der Waals surface area contributed by atoms with Crippen molar-refractivity contribution in [3.05, 3.63) is 23.5 Å². The topological polar surface area (TPSA) is 19.4 Å². The Morgan fingerprint density at radius 3 is 2.50 bits per heavy atom. The normalized spacial score (nSPS) is 22.6. The molecule has 2 saturated heterocycles. The Kier molecular flexibility index (Phi) is 3.71. The fourth-order valence-corrected chi connectivity index (χ4v) is 3.44. The van der Waals surface area contributed by atoms with Crippen molar-refractivity contribution in [1.29, 1.82) is 0 Å². The lowest BCUT2D eigenvalue weighted by Crippen LogP contribution is -2.43. The van der Waals surface area contributed by atoms with Crippen molar-refractivity contribution < 1.29 is 0 Å². The summed E-state index contributed by atoms with van der Waals surface area (Å²) in [6.45, 7) is 4.84. The molecule has 1 aromatic heterocycles. The zero-order chi connectivity index (χ0) is 12.4. The molecule has 2 fully saturated rings. The molecule has 18 heavy (non-hydrogen) atoms. The molecule has 0 radical (unpaired) electrons. The second kappa shape index (κ2) is 5.45. The summed E-state index contributed by atoms with van der Waals surface area (Å²) in [6, 6.07) is 2.82. The van der Waals surface area contributed by atoms with E-state index in [1.807, 2.05) is 12.3 Å². The number of nitrogens with zero attached hydrogens (tertiary/aromatic N) is 3. The van der Waals surface area contributed by atoms with Crippen LogP contribution in [0.25, 0.3) is 0 Å². The summed E-state index contributed by atoms with van der Waals surface area (Å²) in [5, 5.41) is 0.775. The first-order chi connectivity index (χ1) is 8.84. The number of aromatic nitrogens is 1. The average Bonchev–Trinajstić information content (AvgIpc) is 2.94. The Morgan fingerprint density at radius 2 is 1.83 bits per heavy atom. The molecule has 1 aromatic rings. The largest absolute Gasteiger partial charge is 0.370 e. The van der Waals surface area contributed by atoms with Crippen molar-refractivity contribution in [2.45, 2.75) is 31.7 Å². The predicted octanol–water partition coefficient (Wildman–Crippen LogP) is 2.80. The molecule has 4 heteroatoms. The van der Waals surface area contributed by atoms with E-state index in [-0.39, 0.29) is 0 Å². The predicted molar refractivity (Wildman–Crippen MR) is 75.3 cm³/mol. The van der Waals surface area contributed by atoms with Crippen molar-refractivity contribution in [1.82, 2.24) is 9.88 Å². The Labute approximate surface area is 114 Å². The molecule has 0 saturated carbocycles. The first kappa shape index (κ1) is 12.2. The summed E-state index contributed by atoms with van der Waals surface area (Å²) >= 11 is 6.21. The molecular weight excluding hydrogens is 246 g/mol. The van der Waals surface area contributed by atoms with Crippen LogP contribution in [-0.2, 0) is 0 Å². The third-order valence-electron chi connectivity index (χ3n) is 4.21. The van der Waals surface area contributed by atoms with Gasteiger partial charge in [0.1, 0.15) is 0 Å². The fraction of sp³-hybridized carbons (Fsp3) is 0.643. The van der Waals surface area contributed by atoms with Gasteiger partial charge < -0.3 is 9.80 Å². The van der Waals surface area contributed by atoms with E-state index in [0.29, 0.717) is 0 Å². The smallest absolute Gasteiger partial charge is 0.0822 e. The standard InChI is InChI=1S/C14H20ClN3/c15-13-11-16-6-3-14(13)18-9-4-12(5-10-18)17-7-1-2-8-17/h3,6,11-12H,1-2,4-5,7-10H2. The van der Waals surface area contributed by atoms with Gasteiger partial charge in [-0.15, -0.1) is 0 Å². The molecule has 0 aromatic carbocycles. The first-order valence-electron chi connectivity index (χ1n) is 6.93. The molecule has 0 bridgehead atoms. The highest BCUT2D eigenvalue weighted by atomic mass is 35.5. The van der Waals surface area contributed by atoms with Crippen molar-refractivity contribution >= 4 is 17.3 Å². The minimum atomic E-state index is 0.775. The lowest BCUT2D eigenvalue weighted by atomic mass is 10.0. The van der Waals surface area contributed by atoms with Gasteiger partial charge >= 0.3 is 0 Å². The Bertz CT molecular complexity index is 396. The van der Waals surface area contributed by atoms with E-state index < -0.39 is 0 Å². The van der Waals surface area contributed by atoms with Crippen molar-refractivity contribution in [2.24, 2.45) is 0 Å². The van der Waals surface area contributed by atoms with Crippen LogP contribution in [0, 0.1) is 0 Å². The maximum Gasteiger partial charge on any atom is 0.0822 e. The molecular formula is C14H20ClN3. The quantitative estimate of drug-likeness (QED) is 0.820. The van der Waals surface area contributed by atoms with E-state index >= 15 is 0 Å². The molecule has 0 aliphatic carbocycles. The van der Waals surface area contributed by atoms with E-state index in [1.165, 1.54) is 38.8 Å². The highest BCUT2D eigenvalue weighted by molar-refractivity contribution is 6.33. The van der Waals surface area contributed by atoms with Gasteiger partial charge in [-0.2, -0.15) is 0 Å². The van der Waals surface area contributed by atoms with Crippen LogP contribution in [0.2, 0.25) is 5.02 Å². The summed E-state index contributed by atoms with van der Waals surface area (Å²) in [5.74, 6) is 0. The minimum absolute atomic E-state index is 0.775. The summed E-state index contributed by atoms with van der Waals surface area (Å²) in [7, 11) is 0. The lowest BCUT2D eigenvalue weighted by Gasteiger charge is -2.38. The Balaban J connectivity index is 1.61. The van der Waals surface area contributed by atoms with Gasteiger partial charge in [-0.25, -0.2) is 0 Å². The number of likely N-dealkylation sites (tertiary alicyclic amines) is 1. The highest BCUT2D eigenvalue weighted by Gasteiger charge is 2.26. The average molecular weight is 266 g/mol. The number of halogens is 1. The third kappa shape index (κ3) is 2.47. The Morgan fingerprint density at radius 1 is 1.11 bits per heavy atom. The molecule has 2 aliphatic rings. The van der Waals surface area contributed by atoms with E-state index in [0.717, 1.165) is 29.8 Å². The van der Waals surface area contributed by atoms with Crippen LogP contribution in [0.3, 0.4) is 0 Å². The van der Waals surface area contributed by atoms with Crippen LogP contribution >= 0.6 is 11.6 Å². The second-order valence-corrected chi connectivity index (χ2v) is 5.70. The lowest BCUT2D eigenvalue weighted by molar-refractivity contribution is 0.208. The van der Waals surface area contributed by atoms with Crippen LogP contribution in [0.1, 0.15) is 25.7 Å². The van der Waals surface area contributed by atoms with Crippen LogP contribution < -0.4 is 4.90 Å². The van der Waals surface area contributed by atoms with Gasteiger partial charge in [0.2, 0.25) is 0 Å². The van der Waals surface area contributed by atoms with Gasteiger partial charge in [-0.1, -0.05) is 11.6 Å². The van der Waals surface area contributed by atoms with Crippen LogP contribution in [0.4, 0.5) is 5.69 Å². The number of hydrogen-bond acceptors (Lipinski definition) is 3. The molecule has 0 unspecified atom stereocenters. The van der Waals surface area contributed by atoms with Gasteiger partial charge in [0, 0.05) is 31.5 Å². The van der Waals surface area contributed by atoms with Gasteiger partial charge in [-0.3, -0.25) is 4.98 Å². The molecule has 0 N–H and O–H groups in total. The van der Waals surface area contributed by atoms with E-state index in [4.69, 9.17) is 11.6 Å². The molecule has 98 valence electrons. The number of piperidine rings is 1. The first-order valence-corrected chi connectivity index (χ1v) is 7.31. The molecule has 3 heterocycles. The maximum atomic E-state index is 6.21. The van der Waals surface area contributed by atoms with E-state index in [9.17, 15) is 0 Å². The summed E-state index contributed by atoms with van der Waals surface area (Å²) in [6.07, 6.45) is 8.86. The molecule has 0 amide bonds. The monoisotopic (exact) mass is 265 g/mol. The van der Waals surface area contributed by atoms with Gasteiger partial charge in [-0.05, 0) is 44.8 Å². The SMILES string of the molecule is Clc1cnccc1N1CCC(N2CCCC2)CC1. The minimum Gasteiger partial charge on any atom is -0.370 e. The van der Waals surface area contributed by atoms with Gasteiger partial charge in [0.25, 0.3) is 0 Å². The zero-order valence-electron chi connectivity index (χ0n) is 10.7. The second-order valence-electron chi connectivity index (χ2n) is 5.29. The molecule has 0 atom stereocenters. The summed E-state index contributed by atoms with van der Waals surface area (Å²) in [4.78, 5) is 9.12. The number of anilines is 1. The molecule has 2 aliphatic heterocycles. The number of pyridine rings is 1. The van der Waals surface area contributed by atoms with E-state index in [1.54, 1.807) is 6.20 Å².